The van der Waals surface area contributed by atoms with Gasteiger partial charge in [-0.05, 0) is 12.0 Å². The zero-order valence-electron chi connectivity index (χ0n) is 15.2. The van der Waals surface area contributed by atoms with Gasteiger partial charge in [-0.2, -0.15) is 4.79 Å². The van der Waals surface area contributed by atoms with E-state index in [1.54, 1.807) is 0 Å². The van der Waals surface area contributed by atoms with Crippen LogP contribution in [0.1, 0.15) is 5.56 Å². The van der Waals surface area contributed by atoms with E-state index < -0.39 is 16.1 Å². The average molecular weight is 348 g/mol. The Bertz CT molecular complexity index is 556. The Balaban J connectivity index is 3.12. The van der Waals surface area contributed by atoms with Gasteiger partial charge in [0.05, 0.1) is 16.1 Å². The van der Waals surface area contributed by atoms with Crippen LogP contribution in [0.5, 0.6) is 0 Å². The van der Waals surface area contributed by atoms with Crippen LogP contribution in [-0.4, -0.2) is 49.8 Å². The van der Waals surface area contributed by atoms with Crippen LogP contribution in [-0.2, 0) is 11.2 Å². The first-order chi connectivity index (χ1) is 10.6. The lowest BCUT2D eigenvalue weighted by molar-refractivity contribution is -0.127. The Morgan fingerprint density at radius 1 is 1.13 bits per heavy atom. The molecule has 126 valence electrons. The quantitative estimate of drug-likeness (QED) is 0.322. The van der Waals surface area contributed by atoms with Gasteiger partial charge in [0.1, 0.15) is 0 Å². The van der Waals surface area contributed by atoms with E-state index in [4.69, 9.17) is 5.53 Å². The van der Waals surface area contributed by atoms with Gasteiger partial charge >= 0.3 is 12.1 Å². The summed E-state index contributed by atoms with van der Waals surface area (Å²) in [5, 5.41) is 0.296. The molecular formula is C17H29N3OSi2. The molecule has 0 saturated heterocycles. The number of rotatable bonds is 7. The van der Waals surface area contributed by atoms with Crippen LogP contribution in [0.3, 0.4) is 0 Å². The van der Waals surface area contributed by atoms with Crippen LogP contribution in [0.4, 0.5) is 0 Å². The maximum Gasteiger partial charge on any atom is 0.344 e. The third kappa shape index (κ3) is 5.90. The number of hydrogen-bond donors (Lipinski definition) is 0. The Hall–Kier alpha value is -1.50. The van der Waals surface area contributed by atoms with Crippen molar-refractivity contribution in [2.75, 3.05) is 6.54 Å². The van der Waals surface area contributed by atoms with E-state index in [1.807, 2.05) is 23.1 Å². The number of carbonyl (C=O) groups excluding carboxylic acids is 1. The van der Waals surface area contributed by atoms with Crippen molar-refractivity contribution < 1.29 is 9.58 Å². The van der Waals surface area contributed by atoms with Crippen molar-refractivity contribution in [1.82, 2.24) is 4.90 Å². The van der Waals surface area contributed by atoms with Gasteiger partial charge in [-0.1, -0.05) is 69.6 Å². The summed E-state index contributed by atoms with van der Waals surface area (Å²) in [5.74, 6) is -0.182. The lowest BCUT2D eigenvalue weighted by Crippen LogP contribution is -2.65. The second-order valence-electron chi connectivity index (χ2n) is 8.15. The van der Waals surface area contributed by atoms with Crippen molar-refractivity contribution in [3.05, 3.63) is 41.4 Å². The van der Waals surface area contributed by atoms with Gasteiger partial charge in [0.2, 0.25) is 0 Å². The van der Waals surface area contributed by atoms with Crippen LogP contribution in [0, 0.1) is 0 Å². The van der Waals surface area contributed by atoms with Crippen molar-refractivity contribution >= 4 is 28.3 Å². The highest BCUT2D eigenvalue weighted by atomic mass is 28.4. The lowest BCUT2D eigenvalue weighted by atomic mass is 10.1. The summed E-state index contributed by atoms with van der Waals surface area (Å²) >= 11 is 0. The monoisotopic (exact) mass is 347 g/mol. The fourth-order valence-electron chi connectivity index (χ4n) is 3.62. The zero-order valence-corrected chi connectivity index (χ0v) is 17.2. The van der Waals surface area contributed by atoms with Crippen LogP contribution >= 0.6 is 0 Å². The second-order valence-corrected chi connectivity index (χ2v) is 19.3. The van der Waals surface area contributed by atoms with Crippen molar-refractivity contribution in [3.8, 4) is 0 Å². The first kappa shape index (κ1) is 19.6. The normalized spacial score (nSPS) is 12.0. The lowest BCUT2D eigenvalue weighted by Gasteiger charge is -2.45. The molecule has 1 rings (SSSR count). The fraction of sp³-hybridized carbons (Fsp3) is 0.529. The smallest absolute Gasteiger partial charge is 0.344 e. The highest BCUT2D eigenvalue weighted by Crippen LogP contribution is 2.25. The number of nitrogens with zero attached hydrogens (tertiary/aromatic N) is 3. The molecule has 23 heavy (non-hydrogen) atoms. The molecule has 0 atom stereocenters. The molecule has 0 aliphatic heterocycles. The molecular weight excluding hydrogens is 318 g/mol. The summed E-state index contributed by atoms with van der Waals surface area (Å²) < 4.78 is 0. The molecule has 1 aromatic rings. The van der Waals surface area contributed by atoms with Gasteiger partial charge in [-0.25, -0.2) is 0 Å². The Kier molecular flexibility index (Phi) is 6.68. The van der Waals surface area contributed by atoms with E-state index in [0.717, 1.165) is 12.6 Å². The van der Waals surface area contributed by atoms with Gasteiger partial charge in [0.25, 0.3) is 0 Å². The van der Waals surface area contributed by atoms with Crippen LogP contribution < -0.4 is 0 Å². The molecule has 0 saturated carbocycles. The summed E-state index contributed by atoms with van der Waals surface area (Å²) in [6.07, 6.45) is 1.86. The molecule has 1 amide bonds. The maximum absolute atomic E-state index is 12.6. The zero-order chi connectivity index (χ0) is 17.7. The topological polar surface area (TPSA) is 56.7 Å². The SMILES string of the molecule is C[Si](C)(C)C(N(CCc1ccccc1)C(=O)C=[N+]=[N-])[Si](C)(C)C. The fourth-order valence-corrected chi connectivity index (χ4v) is 16.4. The molecule has 0 aliphatic rings. The minimum absolute atomic E-state index is 0.182. The summed E-state index contributed by atoms with van der Waals surface area (Å²) in [6, 6.07) is 10.2. The molecule has 0 heterocycles. The highest BCUT2D eigenvalue weighted by Gasteiger charge is 2.43. The summed E-state index contributed by atoms with van der Waals surface area (Å²) in [4.78, 5) is 17.5. The van der Waals surface area contributed by atoms with E-state index in [0.29, 0.717) is 11.8 Å². The highest BCUT2D eigenvalue weighted by molar-refractivity contribution is 6.96. The molecule has 0 aliphatic carbocycles. The number of hydrogen-bond acceptors (Lipinski definition) is 1. The third-order valence-electron chi connectivity index (χ3n) is 3.89. The largest absolute Gasteiger partial charge is 0.361 e. The number of benzene rings is 1. The van der Waals surface area contributed by atoms with Crippen molar-refractivity contribution in [2.24, 2.45) is 0 Å². The summed E-state index contributed by atoms with van der Waals surface area (Å²) in [6.45, 7) is 14.5. The molecule has 1 aromatic carbocycles. The number of carbonyl (C=O) groups is 1. The van der Waals surface area contributed by atoms with Crippen LogP contribution in [0.15, 0.2) is 30.3 Å². The Morgan fingerprint density at radius 3 is 2.09 bits per heavy atom. The predicted molar refractivity (Wildman–Crippen MR) is 102 cm³/mol. The van der Waals surface area contributed by atoms with Gasteiger partial charge in [0.15, 0.2) is 0 Å². The molecule has 0 radical (unpaired) electrons. The molecule has 0 aromatic heterocycles. The average Bonchev–Trinajstić information content (AvgIpc) is 2.41. The van der Waals surface area contributed by atoms with Gasteiger partial charge in [-0.3, -0.25) is 4.79 Å². The standard InChI is InChI=1S/C17H29N3OSi2/c1-22(2,3)17(23(4,5)6)20(16(21)14-19-18)13-12-15-10-8-7-9-11-15/h7-11,14,17H,12-13H2,1-6H3. The first-order valence-corrected chi connectivity index (χ1v) is 15.2. The molecule has 6 heteroatoms. The van der Waals surface area contributed by atoms with Gasteiger partial charge < -0.3 is 10.4 Å². The van der Waals surface area contributed by atoms with E-state index in [2.05, 4.69) is 56.2 Å². The van der Waals surface area contributed by atoms with E-state index in [9.17, 15) is 4.79 Å². The predicted octanol–water partition coefficient (Wildman–Crippen LogP) is 3.48. The third-order valence-corrected chi connectivity index (χ3v) is 13.0. The van der Waals surface area contributed by atoms with Crippen molar-refractivity contribution in [2.45, 2.75) is 51.0 Å². The minimum Gasteiger partial charge on any atom is -0.361 e. The molecule has 0 unspecified atom stereocenters. The minimum atomic E-state index is -1.59. The molecule has 0 N–H and O–H groups in total. The van der Waals surface area contributed by atoms with E-state index >= 15 is 0 Å². The van der Waals surface area contributed by atoms with Crippen molar-refractivity contribution in [3.63, 3.8) is 0 Å². The molecule has 0 bridgehead atoms. The van der Waals surface area contributed by atoms with Gasteiger partial charge in [-0.15, -0.1) is 0 Å². The Labute approximate surface area is 142 Å². The number of amides is 1. The Morgan fingerprint density at radius 2 is 1.65 bits per heavy atom. The molecule has 0 spiro atoms. The van der Waals surface area contributed by atoms with Crippen LogP contribution in [0.2, 0.25) is 39.3 Å². The summed E-state index contributed by atoms with van der Waals surface area (Å²) in [5.41, 5.74) is 10.0. The first-order valence-electron chi connectivity index (χ1n) is 8.09. The second kappa shape index (κ2) is 7.86. The summed E-state index contributed by atoms with van der Waals surface area (Å²) in [7, 11) is -3.18. The van der Waals surface area contributed by atoms with E-state index in [1.165, 1.54) is 5.56 Å². The van der Waals surface area contributed by atoms with Gasteiger partial charge in [0, 0.05) is 11.8 Å². The van der Waals surface area contributed by atoms with Crippen LogP contribution in [0.25, 0.3) is 5.53 Å². The molecule has 4 nitrogen and oxygen atoms in total. The maximum atomic E-state index is 12.6. The molecule has 0 fully saturated rings. The van der Waals surface area contributed by atoms with E-state index in [-0.39, 0.29) is 5.91 Å². The van der Waals surface area contributed by atoms with Crippen molar-refractivity contribution in [1.29, 1.82) is 0 Å².